The summed E-state index contributed by atoms with van der Waals surface area (Å²) in [6.45, 7) is 2.14. The minimum atomic E-state index is -0.864. The van der Waals surface area contributed by atoms with Crippen LogP contribution in [0, 0.1) is 5.92 Å². The predicted octanol–water partition coefficient (Wildman–Crippen LogP) is 5.73. The molecular formula is C25H26ClNO. The number of nitrogens with one attached hydrogen (secondary N) is 1. The summed E-state index contributed by atoms with van der Waals surface area (Å²) >= 11 is 6.43. The summed E-state index contributed by atoms with van der Waals surface area (Å²) in [4.78, 5) is 0. The third-order valence-corrected chi connectivity index (χ3v) is 6.47. The molecule has 1 aliphatic heterocycles. The second kappa shape index (κ2) is 8.08. The van der Waals surface area contributed by atoms with Crippen molar-refractivity contribution in [1.29, 1.82) is 0 Å². The lowest BCUT2D eigenvalue weighted by Crippen LogP contribution is -2.53. The van der Waals surface area contributed by atoms with E-state index in [9.17, 15) is 5.11 Å². The van der Waals surface area contributed by atoms with Gasteiger partial charge in [0.05, 0.1) is 5.60 Å². The number of piperidine rings is 1. The molecule has 28 heavy (non-hydrogen) atoms. The van der Waals surface area contributed by atoms with Crippen LogP contribution in [0.25, 0.3) is 0 Å². The quantitative estimate of drug-likeness (QED) is 0.595. The first-order valence-electron chi connectivity index (χ1n) is 9.88. The fraction of sp³-hybridized carbons (Fsp3) is 0.280. The molecule has 0 amide bonds. The third-order valence-electron chi connectivity index (χ3n) is 6.10. The van der Waals surface area contributed by atoms with Gasteiger partial charge in [-0.25, -0.2) is 0 Å². The number of benzene rings is 3. The van der Waals surface area contributed by atoms with Gasteiger partial charge in [0.25, 0.3) is 0 Å². The highest BCUT2D eigenvalue weighted by Gasteiger charge is 2.46. The van der Waals surface area contributed by atoms with Gasteiger partial charge in [-0.15, -0.1) is 0 Å². The van der Waals surface area contributed by atoms with E-state index in [1.165, 1.54) is 11.1 Å². The van der Waals surface area contributed by atoms with Crippen LogP contribution in [-0.2, 0) is 6.42 Å². The largest absolute Gasteiger partial charge is 0.389 e. The van der Waals surface area contributed by atoms with Crippen LogP contribution < -0.4 is 5.32 Å². The summed E-state index contributed by atoms with van der Waals surface area (Å²) in [5, 5.41) is 16.4. The lowest BCUT2D eigenvalue weighted by atomic mass is 9.69. The van der Waals surface area contributed by atoms with Gasteiger partial charge >= 0.3 is 0 Å². The number of rotatable bonds is 4. The van der Waals surface area contributed by atoms with Gasteiger partial charge in [0.15, 0.2) is 0 Å². The lowest BCUT2D eigenvalue weighted by Gasteiger charge is -2.48. The summed E-state index contributed by atoms with van der Waals surface area (Å²) in [6.07, 6.45) is 1.19. The molecule has 0 aromatic heterocycles. The molecule has 4 atom stereocenters. The molecule has 0 spiro atoms. The topological polar surface area (TPSA) is 32.3 Å². The van der Waals surface area contributed by atoms with Gasteiger partial charge in [-0.2, -0.15) is 0 Å². The number of aliphatic hydroxyl groups is 1. The van der Waals surface area contributed by atoms with E-state index in [0.29, 0.717) is 17.9 Å². The smallest absolute Gasteiger partial charge is 0.0750 e. The van der Waals surface area contributed by atoms with E-state index in [2.05, 4.69) is 60.8 Å². The van der Waals surface area contributed by atoms with Crippen molar-refractivity contribution in [2.75, 3.05) is 0 Å². The average molecular weight is 392 g/mol. The average Bonchev–Trinajstić information content (AvgIpc) is 2.73. The highest BCUT2D eigenvalue weighted by Crippen LogP contribution is 2.45. The van der Waals surface area contributed by atoms with Crippen LogP contribution in [0.3, 0.4) is 0 Å². The molecule has 1 aliphatic rings. The van der Waals surface area contributed by atoms with Gasteiger partial charge in [-0.3, -0.25) is 0 Å². The molecule has 2 nitrogen and oxygen atoms in total. The Balaban J connectivity index is 1.72. The van der Waals surface area contributed by atoms with Gasteiger partial charge in [0, 0.05) is 29.4 Å². The van der Waals surface area contributed by atoms with Crippen molar-refractivity contribution in [2.45, 2.75) is 37.5 Å². The van der Waals surface area contributed by atoms with E-state index in [0.717, 1.165) is 5.56 Å². The maximum atomic E-state index is 11.9. The molecule has 0 bridgehead atoms. The minimum absolute atomic E-state index is 0.0335. The SMILES string of the molecule is C[C@H]1[C@@H](c2ccccc2)N[C@@H](c2ccccc2)C[C@@]1(O)Cc1ccccc1Cl. The fourth-order valence-electron chi connectivity index (χ4n) is 4.42. The van der Waals surface area contributed by atoms with Crippen molar-refractivity contribution >= 4 is 11.6 Å². The second-order valence-electron chi connectivity index (χ2n) is 7.88. The van der Waals surface area contributed by atoms with Crippen LogP contribution in [0.4, 0.5) is 0 Å². The van der Waals surface area contributed by atoms with E-state index in [4.69, 9.17) is 11.6 Å². The first kappa shape index (κ1) is 19.2. The Morgan fingerprint density at radius 3 is 2.11 bits per heavy atom. The van der Waals surface area contributed by atoms with E-state index < -0.39 is 5.60 Å². The van der Waals surface area contributed by atoms with E-state index in [-0.39, 0.29) is 18.0 Å². The predicted molar refractivity (Wildman–Crippen MR) is 115 cm³/mol. The van der Waals surface area contributed by atoms with Crippen LogP contribution in [0.2, 0.25) is 5.02 Å². The zero-order valence-corrected chi connectivity index (χ0v) is 16.8. The fourth-order valence-corrected chi connectivity index (χ4v) is 4.62. The molecular weight excluding hydrogens is 366 g/mol. The summed E-state index contributed by atoms with van der Waals surface area (Å²) < 4.78 is 0. The molecule has 3 aromatic carbocycles. The molecule has 144 valence electrons. The van der Waals surface area contributed by atoms with Crippen molar-refractivity contribution in [3.63, 3.8) is 0 Å². The van der Waals surface area contributed by atoms with Crippen molar-refractivity contribution in [3.8, 4) is 0 Å². The third kappa shape index (κ3) is 3.86. The molecule has 4 rings (SSSR count). The van der Waals surface area contributed by atoms with Crippen molar-refractivity contribution in [3.05, 3.63) is 107 Å². The number of hydrogen-bond donors (Lipinski definition) is 2. The monoisotopic (exact) mass is 391 g/mol. The van der Waals surface area contributed by atoms with Gasteiger partial charge in [0.1, 0.15) is 0 Å². The Morgan fingerprint density at radius 1 is 0.893 bits per heavy atom. The molecule has 0 radical (unpaired) electrons. The van der Waals surface area contributed by atoms with Crippen molar-refractivity contribution in [2.24, 2.45) is 5.92 Å². The van der Waals surface area contributed by atoms with Gasteiger partial charge in [-0.1, -0.05) is 97.4 Å². The summed E-state index contributed by atoms with van der Waals surface area (Å²) in [5.41, 5.74) is 2.54. The Bertz CT molecular complexity index is 914. The summed E-state index contributed by atoms with van der Waals surface area (Å²) in [7, 11) is 0. The Labute approximate surface area is 172 Å². The first-order chi connectivity index (χ1) is 13.6. The Kier molecular flexibility index (Phi) is 5.54. The summed E-state index contributed by atoms with van der Waals surface area (Å²) in [5.74, 6) is 0.0335. The Hall–Kier alpha value is -2.13. The molecule has 0 aliphatic carbocycles. The lowest BCUT2D eigenvalue weighted by molar-refractivity contribution is -0.0674. The molecule has 1 saturated heterocycles. The highest BCUT2D eigenvalue weighted by molar-refractivity contribution is 6.31. The summed E-state index contributed by atoms with van der Waals surface area (Å²) in [6, 6.07) is 28.8. The van der Waals surface area contributed by atoms with Crippen LogP contribution in [0.5, 0.6) is 0 Å². The van der Waals surface area contributed by atoms with Crippen LogP contribution >= 0.6 is 11.6 Å². The van der Waals surface area contributed by atoms with Crippen molar-refractivity contribution in [1.82, 2.24) is 5.32 Å². The van der Waals surface area contributed by atoms with E-state index >= 15 is 0 Å². The van der Waals surface area contributed by atoms with Crippen LogP contribution in [0.1, 0.15) is 42.1 Å². The number of hydrogen-bond acceptors (Lipinski definition) is 2. The van der Waals surface area contributed by atoms with Gasteiger partial charge in [-0.05, 0) is 29.2 Å². The molecule has 3 heteroatoms. The molecule has 3 aromatic rings. The molecule has 2 N–H and O–H groups in total. The van der Waals surface area contributed by atoms with Crippen LogP contribution in [-0.4, -0.2) is 10.7 Å². The molecule has 0 saturated carbocycles. The minimum Gasteiger partial charge on any atom is -0.389 e. The molecule has 0 unspecified atom stereocenters. The highest BCUT2D eigenvalue weighted by atomic mass is 35.5. The van der Waals surface area contributed by atoms with E-state index in [1.807, 2.05) is 36.4 Å². The maximum absolute atomic E-state index is 11.9. The van der Waals surface area contributed by atoms with Crippen LogP contribution in [0.15, 0.2) is 84.9 Å². The zero-order chi connectivity index (χ0) is 19.6. The zero-order valence-electron chi connectivity index (χ0n) is 16.1. The van der Waals surface area contributed by atoms with E-state index in [1.54, 1.807) is 0 Å². The molecule has 1 fully saturated rings. The molecule has 1 heterocycles. The van der Waals surface area contributed by atoms with Gasteiger partial charge in [0.2, 0.25) is 0 Å². The first-order valence-corrected chi connectivity index (χ1v) is 10.3. The van der Waals surface area contributed by atoms with Crippen molar-refractivity contribution < 1.29 is 5.11 Å². The Morgan fingerprint density at radius 2 is 1.46 bits per heavy atom. The second-order valence-corrected chi connectivity index (χ2v) is 8.29. The standard InChI is InChI=1S/C25H26ClNO/c1-18-24(20-12-6-3-7-13-20)27-23(19-10-4-2-5-11-19)17-25(18,28)16-21-14-8-9-15-22(21)26/h2-15,18,23-24,27-28H,16-17H2,1H3/t18-,23+,24-,25-/m0/s1. The maximum Gasteiger partial charge on any atom is 0.0750 e. The number of halogens is 1. The normalized spacial score (nSPS) is 27.5. The van der Waals surface area contributed by atoms with Gasteiger partial charge < -0.3 is 10.4 Å².